The van der Waals surface area contributed by atoms with Gasteiger partial charge in [-0.2, -0.15) is 0 Å². The van der Waals surface area contributed by atoms with E-state index in [9.17, 15) is 14.7 Å². The molecule has 2 aromatic carbocycles. The van der Waals surface area contributed by atoms with Crippen LogP contribution in [-0.2, 0) is 17.6 Å². The molecule has 136 valence electrons. The monoisotopic (exact) mass is 441 g/mol. The molecule has 4 rings (SSSR count). The summed E-state index contributed by atoms with van der Waals surface area (Å²) in [5, 5.41) is 14.3. The molecule has 3 aromatic rings. The van der Waals surface area contributed by atoms with Gasteiger partial charge in [-0.15, -0.1) is 11.3 Å². The van der Waals surface area contributed by atoms with Crippen LogP contribution in [0.4, 0.5) is 5.69 Å². The molecule has 0 atom stereocenters. The van der Waals surface area contributed by atoms with E-state index in [0.29, 0.717) is 23.4 Å². The third-order valence-corrected chi connectivity index (χ3v) is 6.35. The molecule has 4 nitrogen and oxygen atoms in total. The van der Waals surface area contributed by atoms with Crippen molar-refractivity contribution in [2.75, 3.05) is 5.32 Å². The quantitative estimate of drug-likeness (QED) is 0.582. The predicted molar refractivity (Wildman–Crippen MR) is 110 cm³/mol. The number of carbonyl (C=O) groups excluding carboxylic acids is 1. The number of carboxylic acid groups (broad SMARTS) is 1. The summed E-state index contributed by atoms with van der Waals surface area (Å²) in [7, 11) is 0. The van der Waals surface area contributed by atoms with Crippen LogP contribution in [0.25, 0.3) is 10.4 Å². The van der Waals surface area contributed by atoms with E-state index in [1.54, 1.807) is 5.38 Å². The van der Waals surface area contributed by atoms with E-state index < -0.39 is 5.97 Å². The largest absolute Gasteiger partial charge is 0.478 e. The highest BCUT2D eigenvalue weighted by Gasteiger charge is 2.29. The van der Waals surface area contributed by atoms with Crippen molar-refractivity contribution in [3.63, 3.8) is 0 Å². The zero-order valence-electron chi connectivity index (χ0n) is 14.2. The van der Waals surface area contributed by atoms with Crippen molar-refractivity contribution in [1.82, 2.24) is 0 Å². The van der Waals surface area contributed by atoms with Crippen molar-refractivity contribution in [2.45, 2.75) is 12.8 Å². The van der Waals surface area contributed by atoms with E-state index in [1.165, 1.54) is 22.5 Å². The first-order chi connectivity index (χ1) is 13.0. The van der Waals surface area contributed by atoms with Gasteiger partial charge < -0.3 is 10.4 Å². The number of amides is 1. The Kier molecular flexibility index (Phi) is 4.85. The Hall–Kier alpha value is -2.44. The van der Waals surface area contributed by atoms with Gasteiger partial charge >= 0.3 is 5.97 Å². The summed E-state index contributed by atoms with van der Waals surface area (Å²) >= 11 is 4.71. The first-order valence-corrected chi connectivity index (χ1v) is 10.2. The Labute approximate surface area is 169 Å². The predicted octanol–water partition coefficient (Wildman–Crippen LogP) is 5.23. The fraction of sp³-hybridized carbons (Fsp3) is 0.143. The summed E-state index contributed by atoms with van der Waals surface area (Å²) < 4.78 is 0.925. The topological polar surface area (TPSA) is 66.4 Å². The number of hydrogen-bond acceptors (Lipinski definition) is 3. The van der Waals surface area contributed by atoms with Gasteiger partial charge in [-0.25, -0.2) is 4.79 Å². The number of hydrogen-bond donors (Lipinski definition) is 2. The Morgan fingerprint density at radius 3 is 2.26 bits per heavy atom. The van der Waals surface area contributed by atoms with E-state index in [-0.39, 0.29) is 17.4 Å². The number of fused-ring (bicyclic) bond motifs is 1. The number of aromatic carboxylic acids is 1. The zero-order valence-corrected chi connectivity index (χ0v) is 16.6. The summed E-state index contributed by atoms with van der Waals surface area (Å²) in [6, 6.07) is 15.5. The van der Waals surface area contributed by atoms with Gasteiger partial charge in [0.15, 0.2) is 0 Å². The van der Waals surface area contributed by atoms with Crippen LogP contribution in [0.15, 0.2) is 58.4 Å². The summed E-state index contributed by atoms with van der Waals surface area (Å²) in [5.41, 5.74) is 3.71. The lowest BCUT2D eigenvalue weighted by molar-refractivity contribution is -0.119. The van der Waals surface area contributed by atoms with Gasteiger partial charge in [0, 0.05) is 15.8 Å². The normalized spacial score (nSPS) is 13.4. The fourth-order valence-electron chi connectivity index (χ4n) is 3.45. The van der Waals surface area contributed by atoms with E-state index in [4.69, 9.17) is 0 Å². The average molecular weight is 442 g/mol. The van der Waals surface area contributed by atoms with Gasteiger partial charge in [0.1, 0.15) is 5.56 Å². The fourth-order valence-corrected chi connectivity index (χ4v) is 4.72. The summed E-state index contributed by atoms with van der Waals surface area (Å²) in [6.07, 6.45) is 1.38. The SMILES string of the molecule is O=C(O)c1c(NC(=O)C2Cc3ccccc3C2)csc1-c1ccc(Br)cc1. The van der Waals surface area contributed by atoms with Gasteiger partial charge in [0.05, 0.1) is 10.6 Å². The Morgan fingerprint density at radius 1 is 1.04 bits per heavy atom. The molecule has 1 heterocycles. The molecular formula is C21H16BrNO3S. The van der Waals surface area contributed by atoms with Crippen LogP contribution >= 0.6 is 27.3 Å². The molecule has 0 radical (unpaired) electrons. The highest BCUT2D eigenvalue weighted by Crippen LogP contribution is 2.37. The van der Waals surface area contributed by atoms with Crippen molar-refractivity contribution in [2.24, 2.45) is 5.92 Å². The number of benzene rings is 2. The molecule has 6 heteroatoms. The zero-order chi connectivity index (χ0) is 19.0. The Morgan fingerprint density at radius 2 is 1.67 bits per heavy atom. The summed E-state index contributed by atoms with van der Waals surface area (Å²) in [5.74, 6) is -1.34. The van der Waals surface area contributed by atoms with Crippen LogP contribution in [0.2, 0.25) is 0 Å². The van der Waals surface area contributed by atoms with Crippen LogP contribution in [0.3, 0.4) is 0 Å². The standard InChI is InChI=1S/C21H16BrNO3S/c22-16-7-5-12(6-8-16)19-18(21(25)26)17(11-27-19)23-20(24)15-9-13-3-1-2-4-14(13)10-15/h1-8,11,15H,9-10H2,(H,23,24)(H,25,26). The summed E-state index contributed by atoms with van der Waals surface area (Å²) in [4.78, 5) is 25.3. The van der Waals surface area contributed by atoms with Crippen LogP contribution in [-0.4, -0.2) is 17.0 Å². The molecule has 1 aliphatic carbocycles. The Balaban J connectivity index is 1.58. The van der Waals surface area contributed by atoms with Gasteiger partial charge in [-0.3, -0.25) is 4.79 Å². The second-order valence-corrected chi connectivity index (χ2v) is 8.32. The molecule has 0 fully saturated rings. The molecule has 0 bridgehead atoms. The highest BCUT2D eigenvalue weighted by molar-refractivity contribution is 9.10. The van der Waals surface area contributed by atoms with E-state index in [0.717, 1.165) is 10.0 Å². The van der Waals surface area contributed by atoms with Crippen molar-refractivity contribution < 1.29 is 14.7 Å². The van der Waals surface area contributed by atoms with Crippen LogP contribution in [0, 0.1) is 5.92 Å². The van der Waals surface area contributed by atoms with Gasteiger partial charge in [-0.1, -0.05) is 52.3 Å². The van der Waals surface area contributed by atoms with Gasteiger partial charge in [0.25, 0.3) is 0 Å². The molecule has 0 aliphatic heterocycles. The molecule has 0 spiro atoms. The number of anilines is 1. The maximum Gasteiger partial charge on any atom is 0.339 e. The molecule has 27 heavy (non-hydrogen) atoms. The van der Waals surface area contributed by atoms with E-state index in [1.807, 2.05) is 48.5 Å². The second-order valence-electron chi connectivity index (χ2n) is 6.53. The third-order valence-electron chi connectivity index (χ3n) is 4.79. The lowest BCUT2D eigenvalue weighted by Gasteiger charge is -2.11. The van der Waals surface area contributed by atoms with Crippen molar-refractivity contribution in [3.8, 4) is 10.4 Å². The van der Waals surface area contributed by atoms with Crippen molar-refractivity contribution >= 4 is 44.8 Å². The maximum absolute atomic E-state index is 12.7. The molecule has 1 amide bonds. The molecule has 0 unspecified atom stereocenters. The van der Waals surface area contributed by atoms with Gasteiger partial charge in [0.2, 0.25) is 5.91 Å². The minimum atomic E-state index is -1.04. The minimum Gasteiger partial charge on any atom is -0.478 e. The van der Waals surface area contributed by atoms with Crippen molar-refractivity contribution in [1.29, 1.82) is 0 Å². The molecule has 1 aromatic heterocycles. The molecule has 0 saturated carbocycles. The maximum atomic E-state index is 12.7. The smallest absolute Gasteiger partial charge is 0.339 e. The second kappa shape index (κ2) is 7.29. The highest BCUT2D eigenvalue weighted by atomic mass is 79.9. The number of halogens is 1. The van der Waals surface area contributed by atoms with Crippen molar-refractivity contribution in [3.05, 3.63) is 75.1 Å². The van der Waals surface area contributed by atoms with Crippen LogP contribution in [0.1, 0.15) is 21.5 Å². The molecule has 0 saturated heterocycles. The van der Waals surface area contributed by atoms with Crippen LogP contribution < -0.4 is 5.32 Å². The number of carboxylic acids is 1. The lowest BCUT2D eigenvalue weighted by atomic mass is 10.0. The third kappa shape index (κ3) is 3.55. The van der Waals surface area contributed by atoms with Gasteiger partial charge in [-0.05, 0) is 41.7 Å². The summed E-state index contributed by atoms with van der Waals surface area (Å²) in [6.45, 7) is 0. The average Bonchev–Trinajstić information content (AvgIpc) is 3.26. The number of rotatable bonds is 4. The first kappa shape index (κ1) is 17.9. The van der Waals surface area contributed by atoms with E-state index >= 15 is 0 Å². The number of thiophene rings is 1. The molecule has 1 aliphatic rings. The lowest BCUT2D eigenvalue weighted by Crippen LogP contribution is -2.23. The molecular weight excluding hydrogens is 426 g/mol. The number of nitrogens with one attached hydrogen (secondary N) is 1. The van der Waals surface area contributed by atoms with Crippen LogP contribution in [0.5, 0.6) is 0 Å². The number of carbonyl (C=O) groups is 2. The molecule has 2 N–H and O–H groups in total. The van der Waals surface area contributed by atoms with E-state index in [2.05, 4.69) is 21.2 Å². The first-order valence-electron chi connectivity index (χ1n) is 8.51. The Bertz CT molecular complexity index is 1000. The minimum absolute atomic E-state index is 0.131.